The van der Waals surface area contributed by atoms with Gasteiger partial charge in [-0.15, -0.1) is 0 Å². The number of carbonyl (C=O) groups excluding carboxylic acids is 2. The summed E-state index contributed by atoms with van der Waals surface area (Å²) in [6.45, 7) is 2.87. The highest BCUT2D eigenvalue weighted by atomic mass is 35.5. The van der Waals surface area contributed by atoms with Crippen molar-refractivity contribution in [3.63, 3.8) is 0 Å². The Labute approximate surface area is 213 Å². The summed E-state index contributed by atoms with van der Waals surface area (Å²) >= 11 is 6.28. The smallest absolute Gasteiger partial charge is 0.300 e. The molecule has 2 heterocycles. The van der Waals surface area contributed by atoms with Crippen LogP contribution in [0.5, 0.6) is 17.2 Å². The maximum absolute atomic E-state index is 13.4. The van der Waals surface area contributed by atoms with Gasteiger partial charge in [0.1, 0.15) is 24.7 Å². The van der Waals surface area contributed by atoms with Gasteiger partial charge < -0.3 is 19.3 Å². The van der Waals surface area contributed by atoms with Crippen molar-refractivity contribution < 1.29 is 28.9 Å². The van der Waals surface area contributed by atoms with Crippen LogP contribution in [-0.2, 0) is 16.0 Å². The highest BCUT2D eigenvalue weighted by molar-refractivity contribution is 6.51. The number of halogens is 1. The van der Waals surface area contributed by atoms with E-state index in [1.165, 1.54) is 18.1 Å². The number of aliphatic hydroxyl groups excluding tert-OH is 1. The van der Waals surface area contributed by atoms with Gasteiger partial charge in [0.25, 0.3) is 11.7 Å². The van der Waals surface area contributed by atoms with Crippen LogP contribution in [0.4, 0.5) is 5.69 Å². The molecular weight excluding hydrogens is 482 g/mol. The van der Waals surface area contributed by atoms with Crippen molar-refractivity contribution >= 4 is 34.7 Å². The van der Waals surface area contributed by atoms with Gasteiger partial charge in [-0.3, -0.25) is 14.5 Å². The number of ketones is 1. The standard InChI is InChI=1S/C28H24ClNO6/c1-3-16-4-6-17(7-5-16)25-24(26(31)18-8-10-21(34-2)20(29)14-18)27(32)28(33)30(25)19-9-11-22-23(15-19)36-13-12-35-22/h4-11,14-15,25,31H,3,12-13H2,1-2H3/b26-24+. The van der Waals surface area contributed by atoms with Crippen molar-refractivity contribution in [1.29, 1.82) is 0 Å². The summed E-state index contributed by atoms with van der Waals surface area (Å²) in [5, 5.41) is 11.6. The second-order valence-electron chi connectivity index (χ2n) is 8.44. The molecule has 184 valence electrons. The van der Waals surface area contributed by atoms with Gasteiger partial charge in [-0.25, -0.2) is 0 Å². The molecule has 2 aliphatic heterocycles. The van der Waals surface area contributed by atoms with Crippen molar-refractivity contribution in [2.24, 2.45) is 0 Å². The number of nitrogens with zero attached hydrogens (tertiary/aromatic N) is 1. The van der Waals surface area contributed by atoms with Crippen LogP contribution in [0, 0.1) is 0 Å². The zero-order valence-corrected chi connectivity index (χ0v) is 20.5. The van der Waals surface area contributed by atoms with Crippen LogP contribution in [-0.4, -0.2) is 37.1 Å². The number of methoxy groups -OCH3 is 1. The Hall–Kier alpha value is -3.97. The van der Waals surface area contributed by atoms with Gasteiger partial charge in [0, 0.05) is 17.3 Å². The Kier molecular flexibility index (Phi) is 6.33. The van der Waals surface area contributed by atoms with Gasteiger partial charge in [0.05, 0.1) is 23.7 Å². The van der Waals surface area contributed by atoms with E-state index in [0.717, 1.165) is 12.0 Å². The molecule has 0 aromatic heterocycles. The Balaban J connectivity index is 1.68. The van der Waals surface area contributed by atoms with Crippen LogP contribution >= 0.6 is 11.6 Å². The lowest BCUT2D eigenvalue weighted by atomic mass is 9.94. The van der Waals surface area contributed by atoms with Crippen LogP contribution in [0.1, 0.15) is 29.7 Å². The molecule has 3 aromatic rings. The molecule has 1 saturated heterocycles. The first kappa shape index (κ1) is 23.8. The lowest BCUT2D eigenvalue weighted by Gasteiger charge is -2.27. The van der Waals surface area contributed by atoms with Gasteiger partial charge in [0.15, 0.2) is 11.5 Å². The molecule has 0 radical (unpaired) electrons. The summed E-state index contributed by atoms with van der Waals surface area (Å²) in [6.07, 6.45) is 0.840. The first-order valence-electron chi connectivity index (χ1n) is 11.6. The average molecular weight is 506 g/mol. The molecule has 3 aromatic carbocycles. The van der Waals surface area contributed by atoms with E-state index in [0.29, 0.717) is 47.3 Å². The van der Waals surface area contributed by atoms with Crippen molar-refractivity contribution in [3.05, 3.63) is 87.9 Å². The normalized spacial score (nSPS) is 18.4. The quantitative estimate of drug-likeness (QED) is 0.287. The van der Waals surface area contributed by atoms with E-state index in [4.69, 9.17) is 25.8 Å². The Bertz CT molecular complexity index is 1380. The molecule has 0 saturated carbocycles. The zero-order valence-electron chi connectivity index (χ0n) is 19.8. The number of aliphatic hydroxyl groups is 1. The average Bonchev–Trinajstić information content (AvgIpc) is 3.18. The minimum absolute atomic E-state index is 0.0274. The molecule has 0 aliphatic carbocycles. The van der Waals surface area contributed by atoms with Crippen LogP contribution in [0.3, 0.4) is 0 Å². The molecular formula is C28H24ClNO6. The van der Waals surface area contributed by atoms with Crippen molar-refractivity contribution in [3.8, 4) is 17.2 Å². The maximum Gasteiger partial charge on any atom is 0.300 e. The molecule has 0 bridgehead atoms. The van der Waals surface area contributed by atoms with E-state index in [1.807, 2.05) is 31.2 Å². The fraction of sp³-hybridized carbons (Fsp3) is 0.214. The van der Waals surface area contributed by atoms with Gasteiger partial charge in [-0.2, -0.15) is 0 Å². The third-order valence-corrected chi connectivity index (χ3v) is 6.67. The summed E-state index contributed by atoms with van der Waals surface area (Å²) in [5.41, 5.74) is 2.52. The fourth-order valence-corrected chi connectivity index (χ4v) is 4.76. The molecule has 1 amide bonds. The fourth-order valence-electron chi connectivity index (χ4n) is 4.50. The number of ether oxygens (including phenoxy) is 3. The number of carbonyl (C=O) groups is 2. The Morgan fingerprint density at radius 2 is 1.75 bits per heavy atom. The number of Topliss-reactive ketones (excluding diaryl/α,β-unsaturated/α-hetero) is 1. The van der Waals surface area contributed by atoms with E-state index >= 15 is 0 Å². The van der Waals surface area contributed by atoms with Crippen LogP contribution in [0.25, 0.3) is 5.76 Å². The molecule has 1 atom stereocenters. The Morgan fingerprint density at radius 3 is 2.42 bits per heavy atom. The number of amides is 1. The molecule has 0 spiro atoms. The van der Waals surface area contributed by atoms with Crippen LogP contribution in [0.15, 0.2) is 66.2 Å². The summed E-state index contributed by atoms with van der Waals surface area (Å²) < 4.78 is 16.5. The minimum atomic E-state index is -0.862. The number of hydrogen-bond donors (Lipinski definition) is 1. The molecule has 1 fully saturated rings. The van der Waals surface area contributed by atoms with E-state index < -0.39 is 17.7 Å². The largest absolute Gasteiger partial charge is 0.507 e. The molecule has 8 heteroatoms. The summed E-state index contributed by atoms with van der Waals surface area (Å²) in [5.74, 6) is -0.378. The zero-order chi connectivity index (χ0) is 25.4. The summed E-state index contributed by atoms with van der Waals surface area (Å²) in [4.78, 5) is 28.2. The summed E-state index contributed by atoms with van der Waals surface area (Å²) in [7, 11) is 1.49. The highest BCUT2D eigenvalue weighted by Gasteiger charge is 2.47. The molecule has 7 nitrogen and oxygen atoms in total. The third-order valence-electron chi connectivity index (χ3n) is 6.38. The van der Waals surface area contributed by atoms with E-state index in [2.05, 4.69) is 0 Å². The molecule has 1 unspecified atom stereocenters. The number of hydrogen-bond acceptors (Lipinski definition) is 6. The van der Waals surface area contributed by atoms with Crippen molar-refractivity contribution in [2.45, 2.75) is 19.4 Å². The third kappa shape index (κ3) is 4.05. The van der Waals surface area contributed by atoms with Crippen LogP contribution in [0.2, 0.25) is 5.02 Å². The summed E-state index contributed by atoms with van der Waals surface area (Å²) in [6, 6.07) is 16.6. The van der Waals surface area contributed by atoms with Gasteiger partial charge in [-0.05, 0) is 47.9 Å². The number of anilines is 1. The van der Waals surface area contributed by atoms with E-state index in [1.54, 1.807) is 30.3 Å². The number of aryl methyl sites for hydroxylation is 1. The van der Waals surface area contributed by atoms with Crippen molar-refractivity contribution in [1.82, 2.24) is 0 Å². The predicted molar refractivity (Wildman–Crippen MR) is 136 cm³/mol. The van der Waals surface area contributed by atoms with E-state index in [-0.39, 0.29) is 16.4 Å². The minimum Gasteiger partial charge on any atom is -0.507 e. The second-order valence-corrected chi connectivity index (χ2v) is 8.85. The second kappa shape index (κ2) is 9.59. The first-order valence-corrected chi connectivity index (χ1v) is 11.9. The molecule has 36 heavy (non-hydrogen) atoms. The highest BCUT2D eigenvalue weighted by Crippen LogP contribution is 2.45. The Morgan fingerprint density at radius 1 is 1.03 bits per heavy atom. The van der Waals surface area contributed by atoms with Gasteiger partial charge in [-0.1, -0.05) is 42.8 Å². The van der Waals surface area contributed by atoms with Gasteiger partial charge >= 0.3 is 0 Å². The number of benzene rings is 3. The van der Waals surface area contributed by atoms with Crippen LogP contribution < -0.4 is 19.1 Å². The number of rotatable bonds is 5. The first-order chi connectivity index (χ1) is 17.4. The monoisotopic (exact) mass is 505 g/mol. The molecule has 5 rings (SSSR count). The molecule has 2 aliphatic rings. The van der Waals surface area contributed by atoms with Crippen molar-refractivity contribution in [2.75, 3.05) is 25.2 Å². The lowest BCUT2D eigenvalue weighted by molar-refractivity contribution is -0.132. The lowest BCUT2D eigenvalue weighted by Crippen LogP contribution is -2.29. The maximum atomic E-state index is 13.4. The SMILES string of the molecule is CCc1ccc(C2/C(=C(\O)c3ccc(OC)c(Cl)c3)C(=O)C(=O)N2c2ccc3c(c2)OCCO3)cc1. The predicted octanol–water partition coefficient (Wildman–Crippen LogP) is 5.31. The molecule has 1 N–H and O–H groups in total. The van der Waals surface area contributed by atoms with E-state index in [9.17, 15) is 14.7 Å². The topological polar surface area (TPSA) is 85.3 Å². The number of fused-ring (bicyclic) bond motifs is 1. The van der Waals surface area contributed by atoms with Gasteiger partial charge in [0.2, 0.25) is 0 Å².